The summed E-state index contributed by atoms with van der Waals surface area (Å²) < 4.78 is 6.17. The summed E-state index contributed by atoms with van der Waals surface area (Å²) in [5.74, 6) is 0.444. The van der Waals surface area contributed by atoms with Crippen LogP contribution >= 0.6 is 0 Å². The molecule has 16 heavy (non-hydrogen) atoms. The molecule has 3 nitrogen and oxygen atoms in total. The molecule has 4 fully saturated rings. The molecule has 0 radical (unpaired) electrons. The fraction of sp³-hybridized carbons (Fsp3) is 1.00. The zero-order valence-electron chi connectivity index (χ0n) is 10.4. The molecule has 92 valence electrons. The number of ether oxygens (including phenoxy) is 1. The predicted molar refractivity (Wildman–Crippen MR) is 60.0 cm³/mol. The minimum absolute atomic E-state index is 0.258. The summed E-state index contributed by atoms with van der Waals surface area (Å²) in [5.41, 5.74) is -2.19. The van der Waals surface area contributed by atoms with Crippen molar-refractivity contribution in [2.24, 2.45) is 5.92 Å². The van der Waals surface area contributed by atoms with E-state index in [-0.39, 0.29) is 5.60 Å². The highest BCUT2D eigenvalue weighted by Gasteiger charge is 2.73. The summed E-state index contributed by atoms with van der Waals surface area (Å²) in [6, 6.07) is 0. The van der Waals surface area contributed by atoms with Crippen LogP contribution in [0.1, 0.15) is 52.9 Å². The van der Waals surface area contributed by atoms with E-state index in [9.17, 15) is 10.2 Å². The van der Waals surface area contributed by atoms with Crippen molar-refractivity contribution in [2.45, 2.75) is 75.3 Å². The van der Waals surface area contributed by atoms with Crippen molar-refractivity contribution in [3.8, 4) is 0 Å². The Morgan fingerprint density at radius 3 is 2.31 bits per heavy atom. The second kappa shape index (κ2) is 2.65. The van der Waals surface area contributed by atoms with Gasteiger partial charge < -0.3 is 14.9 Å². The van der Waals surface area contributed by atoms with Crippen LogP contribution in [0.2, 0.25) is 0 Å². The fourth-order valence-electron chi connectivity index (χ4n) is 4.59. The van der Waals surface area contributed by atoms with E-state index in [1.807, 2.05) is 20.8 Å². The summed E-state index contributed by atoms with van der Waals surface area (Å²) in [6.45, 7) is 6.07. The first-order valence-electron chi connectivity index (χ1n) is 6.31. The summed E-state index contributed by atoms with van der Waals surface area (Å²) >= 11 is 0. The lowest BCUT2D eigenvalue weighted by Gasteiger charge is -2.42. The molecule has 0 amide bonds. The van der Waals surface area contributed by atoms with Gasteiger partial charge in [-0.25, -0.2) is 0 Å². The van der Waals surface area contributed by atoms with E-state index in [0.717, 1.165) is 19.3 Å². The molecular formula is C13H22O3. The molecular weight excluding hydrogens is 204 g/mol. The summed E-state index contributed by atoms with van der Waals surface area (Å²) in [5, 5.41) is 21.1. The van der Waals surface area contributed by atoms with Gasteiger partial charge in [-0.2, -0.15) is 0 Å². The quantitative estimate of drug-likeness (QED) is 0.714. The first-order chi connectivity index (χ1) is 7.16. The zero-order valence-corrected chi connectivity index (χ0v) is 10.4. The van der Waals surface area contributed by atoms with E-state index in [0.29, 0.717) is 18.8 Å². The molecule has 0 aromatic rings. The molecule has 4 rings (SSSR count). The maximum absolute atomic E-state index is 10.7. The van der Waals surface area contributed by atoms with E-state index in [2.05, 4.69) is 0 Å². The van der Waals surface area contributed by atoms with Gasteiger partial charge in [0.05, 0.1) is 16.8 Å². The first-order valence-corrected chi connectivity index (χ1v) is 6.31. The maximum Gasteiger partial charge on any atom is 0.101 e. The average molecular weight is 226 g/mol. The van der Waals surface area contributed by atoms with Crippen LogP contribution in [-0.4, -0.2) is 32.6 Å². The Morgan fingerprint density at radius 1 is 1.06 bits per heavy atom. The van der Waals surface area contributed by atoms with Gasteiger partial charge in [0, 0.05) is 12.8 Å². The third-order valence-corrected chi connectivity index (χ3v) is 4.50. The highest BCUT2D eigenvalue weighted by atomic mass is 16.5. The molecule has 0 aromatic heterocycles. The van der Waals surface area contributed by atoms with Gasteiger partial charge >= 0.3 is 0 Å². The molecule has 4 unspecified atom stereocenters. The zero-order chi connectivity index (χ0) is 11.8. The van der Waals surface area contributed by atoms with Gasteiger partial charge in [-0.15, -0.1) is 0 Å². The van der Waals surface area contributed by atoms with Gasteiger partial charge in [0.15, 0.2) is 0 Å². The molecule has 0 aromatic carbocycles. The molecule has 4 aliphatic rings. The lowest BCUT2D eigenvalue weighted by Crippen LogP contribution is -2.51. The van der Waals surface area contributed by atoms with E-state index in [1.54, 1.807) is 0 Å². The minimum atomic E-state index is -0.780. The number of rotatable bonds is 1. The third-order valence-electron chi connectivity index (χ3n) is 4.50. The van der Waals surface area contributed by atoms with E-state index in [4.69, 9.17) is 4.74 Å². The van der Waals surface area contributed by atoms with Crippen molar-refractivity contribution in [3.05, 3.63) is 0 Å². The van der Waals surface area contributed by atoms with E-state index >= 15 is 0 Å². The van der Waals surface area contributed by atoms with E-state index < -0.39 is 16.8 Å². The fourth-order valence-corrected chi connectivity index (χ4v) is 4.59. The Hall–Kier alpha value is -0.120. The normalized spacial score (nSPS) is 54.9. The van der Waals surface area contributed by atoms with E-state index in [1.165, 1.54) is 0 Å². The third kappa shape index (κ3) is 1.31. The molecule has 0 heterocycles. The van der Waals surface area contributed by atoms with Gasteiger partial charge in [-0.05, 0) is 46.0 Å². The molecule has 0 saturated heterocycles. The molecule has 3 heteroatoms. The molecule has 4 saturated carbocycles. The molecule has 2 N–H and O–H groups in total. The van der Waals surface area contributed by atoms with Gasteiger partial charge in [0.1, 0.15) is 5.60 Å². The van der Waals surface area contributed by atoms with Gasteiger partial charge in [-0.3, -0.25) is 0 Å². The molecule has 0 spiro atoms. The molecule has 4 atom stereocenters. The van der Waals surface area contributed by atoms with Crippen molar-refractivity contribution in [1.29, 1.82) is 0 Å². The molecule has 4 aliphatic carbocycles. The van der Waals surface area contributed by atoms with Crippen LogP contribution in [0.5, 0.6) is 0 Å². The van der Waals surface area contributed by atoms with Crippen molar-refractivity contribution in [2.75, 3.05) is 0 Å². The Bertz CT molecular complexity index is 335. The second-order valence-electron chi connectivity index (χ2n) is 7.30. The average Bonchev–Trinajstić information content (AvgIpc) is 2.18. The van der Waals surface area contributed by atoms with Crippen LogP contribution in [-0.2, 0) is 4.74 Å². The lowest BCUT2D eigenvalue weighted by atomic mass is 9.77. The van der Waals surface area contributed by atoms with Crippen LogP contribution < -0.4 is 0 Å². The largest absolute Gasteiger partial charge is 0.390 e. The summed E-state index contributed by atoms with van der Waals surface area (Å²) in [4.78, 5) is 0. The minimum Gasteiger partial charge on any atom is -0.390 e. The van der Waals surface area contributed by atoms with Gasteiger partial charge in [0.2, 0.25) is 0 Å². The van der Waals surface area contributed by atoms with Crippen molar-refractivity contribution in [3.63, 3.8) is 0 Å². The van der Waals surface area contributed by atoms with Gasteiger partial charge in [0.25, 0.3) is 0 Å². The topological polar surface area (TPSA) is 49.7 Å². The van der Waals surface area contributed by atoms with Crippen molar-refractivity contribution >= 4 is 0 Å². The van der Waals surface area contributed by atoms with Crippen LogP contribution in [0, 0.1) is 5.92 Å². The smallest absolute Gasteiger partial charge is 0.101 e. The lowest BCUT2D eigenvalue weighted by molar-refractivity contribution is -0.200. The Kier molecular flexibility index (Phi) is 1.82. The van der Waals surface area contributed by atoms with Crippen LogP contribution in [0.4, 0.5) is 0 Å². The number of aliphatic hydroxyl groups is 2. The Morgan fingerprint density at radius 2 is 1.75 bits per heavy atom. The maximum atomic E-state index is 10.7. The van der Waals surface area contributed by atoms with Crippen LogP contribution in [0.3, 0.4) is 0 Å². The molecule has 4 bridgehead atoms. The molecule has 0 aliphatic heterocycles. The van der Waals surface area contributed by atoms with Crippen LogP contribution in [0.15, 0.2) is 0 Å². The Labute approximate surface area is 96.8 Å². The first kappa shape index (κ1) is 11.0. The summed E-state index contributed by atoms with van der Waals surface area (Å²) in [6.07, 6.45) is 3.70. The van der Waals surface area contributed by atoms with Crippen LogP contribution in [0.25, 0.3) is 0 Å². The van der Waals surface area contributed by atoms with Crippen molar-refractivity contribution < 1.29 is 14.9 Å². The highest BCUT2D eigenvalue weighted by molar-refractivity contribution is 5.24. The second-order valence-corrected chi connectivity index (χ2v) is 7.30. The summed E-state index contributed by atoms with van der Waals surface area (Å²) in [7, 11) is 0. The SMILES string of the molecule is CC(C)(C)OC12CC3CC(O)(CC1(O)C3)C2. The van der Waals surface area contributed by atoms with Crippen molar-refractivity contribution in [1.82, 2.24) is 0 Å². The predicted octanol–water partition coefficient (Wildman–Crippen LogP) is 1.61. The Balaban J connectivity index is 1.97. The van der Waals surface area contributed by atoms with Gasteiger partial charge in [-0.1, -0.05) is 0 Å². The standard InChI is InChI=1S/C13H22O3/c1-10(2,3)16-13-6-9-4-11(14,8-13)7-12(13,15)5-9/h9,14-15H,4-8H2,1-3H3. The monoisotopic (exact) mass is 226 g/mol. The number of hydrogen-bond acceptors (Lipinski definition) is 3. The highest BCUT2D eigenvalue weighted by Crippen LogP contribution is 2.66. The number of hydrogen-bond donors (Lipinski definition) is 2.